The lowest BCUT2D eigenvalue weighted by atomic mass is 9.95. The summed E-state index contributed by atoms with van der Waals surface area (Å²) >= 11 is 0. The molecule has 4 rings (SSSR count). The smallest absolute Gasteiger partial charge is 0.329 e. The van der Waals surface area contributed by atoms with E-state index < -0.39 is 255 Å². The molecule has 0 unspecified atom stereocenters. The minimum absolute atomic E-state index is 0.0160. The average molecular weight is 1750 g/mol. The van der Waals surface area contributed by atoms with Gasteiger partial charge in [-0.3, -0.25) is 91.1 Å². The molecule has 0 spiro atoms. The van der Waals surface area contributed by atoms with Crippen molar-refractivity contribution in [3.8, 4) is 0 Å². The Morgan fingerprint density at radius 2 is 1.04 bits per heavy atom. The number of aliphatic carboxylic acids is 4. The average Bonchev–Trinajstić information content (AvgIpc) is 1.30. The van der Waals surface area contributed by atoms with Crippen LogP contribution in [0.2, 0.25) is 0 Å². The van der Waals surface area contributed by atoms with E-state index in [0.717, 1.165) is 91.4 Å². The van der Waals surface area contributed by atoms with Crippen LogP contribution >= 0.6 is 0 Å². The molecular weight excluding hydrogens is 1630 g/mol. The molecule has 1 aromatic heterocycles. The predicted molar refractivity (Wildman–Crippen MR) is 442 cm³/mol. The second kappa shape index (κ2) is 54.6. The van der Waals surface area contributed by atoms with E-state index in [1.54, 1.807) is 36.5 Å². The van der Waals surface area contributed by atoms with E-state index in [1.807, 2.05) is 16.0 Å². The molecular formula is C81H119N17O26. The van der Waals surface area contributed by atoms with E-state index in [1.165, 1.54) is 18.2 Å². The summed E-state index contributed by atoms with van der Waals surface area (Å²) in [6.07, 6.45) is 4.24. The molecule has 3 aromatic rings. The van der Waals surface area contributed by atoms with Gasteiger partial charge in [-0.25, -0.2) is 4.79 Å². The topological polar surface area (TPSA) is 688 Å². The Morgan fingerprint density at radius 1 is 0.516 bits per heavy atom. The molecule has 43 heteroatoms. The standard InChI is InChI=1S/C81H119N17O26/c1-6-8-10-12-14-16-18-30-62(102)90-53(34-47-40-85-50-27-21-19-25-48(47)50)75(117)93-54(36-61(83)101)76(118)95-57(39-68(111)112)77(119)98-70-46(5)124-81(123)58(35-60(100)49-26-20-22-28-51(49)84-32-23-17-15-13-11-9-7-2)96-80(122)69(44(3)33-65(105)106)97-78(120)59(43-99)91-64(104)41-86-72(114)55(37-66(107)108)92-71(113)45(4)88-74(116)56(38-67(109)110)94-73(115)52(29-24-31-82)89-63(103)42-87-79(70)121/h19-22,25-28,40,44-46,52-59,69-70,84-85,99H,6-18,23-24,29-39,41-43,82H2,1-5H3,(H2,83,101)(H,86,114)(H,87,121)(H,88,116)(H,89,103)(H,90,102)(H,91,104)(H,92,113)(H,93,117)(H,94,115)(H,95,118)(H,96,122)(H,97,120)(H,98,119)(H,105,106)(H,107,108)(H,109,110)(H,111,112)/t44-,45-,46-,52+,53+,54-,55+,56+,57+,58+,59-,69+,70+/m1/s1. The number of primary amides is 1. The highest BCUT2D eigenvalue weighted by atomic mass is 16.5. The van der Waals surface area contributed by atoms with Gasteiger partial charge in [0, 0.05) is 54.2 Å². The second-order valence-electron chi connectivity index (χ2n) is 30.3. The van der Waals surface area contributed by atoms with Crippen LogP contribution in [-0.2, 0) is 102 Å². The fourth-order valence-corrected chi connectivity index (χ4v) is 13.2. The van der Waals surface area contributed by atoms with E-state index in [4.69, 9.17) is 16.2 Å². The molecule has 13 atom stereocenters. The number of cyclic esters (lactones) is 1. The third-order valence-electron chi connectivity index (χ3n) is 19.9. The van der Waals surface area contributed by atoms with Crippen LogP contribution in [0.3, 0.4) is 0 Å². The van der Waals surface area contributed by atoms with Crippen molar-refractivity contribution in [3.63, 3.8) is 0 Å². The molecule has 1 aliphatic rings. The van der Waals surface area contributed by atoms with Gasteiger partial charge >= 0.3 is 29.8 Å². The van der Waals surface area contributed by atoms with Crippen LogP contribution in [0, 0.1) is 5.92 Å². The highest BCUT2D eigenvalue weighted by Crippen LogP contribution is 2.23. The first-order valence-electron chi connectivity index (χ1n) is 41.3. The largest absolute Gasteiger partial charge is 0.481 e. The van der Waals surface area contributed by atoms with Gasteiger partial charge in [-0.1, -0.05) is 128 Å². The lowest BCUT2D eigenvalue weighted by Gasteiger charge is -2.30. The van der Waals surface area contributed by atoms with Crippen LogP contribution in [0.4, 0.5) is 5.69 Å². The van der Waals surface area contributed by atoms with E-state index in [2.05, 4.69) is 77.3 Å². The Morgan fingerprint density at radius 3 is 1.64 bits per heavy atom. The number of nitrogens with one attached hydrogen (secondary N) is 15. The number of rotatable bonds is 44. The van der Waals surface area contributed by atoms with Crippen LogP contribution in [0.15, 0.2) is 54.7 Å². The summed E-state index contributed by atoms with van der Waals surface area (Å²) in [7, 11) is 0. The molecule has 1 aliphatic heterocycles. The number of aromatic amines is 1. The Balaban J connectivity index is 1.92. The van der Waals surface area contributed by atoms with Crippen molar-refractivity contribution in [2.45, 2.75) is 261 Å². The number of benzene rings is 2. The van der Waals surface area contributed by atoms with Crippen molar-refractivity contribution >= 4 is 135 Å². The SMILES string of the molecule is CCCCCCCCCNc1ccccc1C(=O)C[C@@H]1NC(=O)[C@H]([C@H](C)CC(=O)O)NC(=O)[C@@H](CO)NC(=O)CNC(=O)[C@H](CC(=O)O)NC(=O)[C@@H](C)NC(=O)[C@H](CC(=O)O)NC(=O)[C@H](CCCN)NC(=O)CNC(=O)[C@@H](NC(=O)[C@H](CC(=O)O)NC(=O)[C@@H](CC(N)=O)NC(=O)[C@H](Cc2c[nH]c3ccccc23)NC(=O)CCCCCCCCC)[C@@H](C)OC1=O. The number of ether oxygens (including phenoxy) is 1. The zero-order chi connectivity index (χ0) is 92.1. The molecule has 43 nitrogen and oxygen atoms in total. The number of hydrogen-bond donors (Lipinski definition) is 22. The number of Topliss-reactive ketones (excluding diaryl/α,β-unsaturated/α-hetero) is 1. The number of unbranched alkanes of at least 4 members (excludes halogenated alkanes) is 12. The van der Waals surface area contributed by atoms with Gasteiger partial charge in [0.15, 0.2) is 5.78 Å². The van der Waals surface area contributed by atoms with Gasteiger partial charge in [-0.2, -0.15) is 0 Å². The number of aliphatic hydroxyl groups is 1. The summed E-state index contributed by atoms with van der Waals surface area (Å²) in [4.78, 5) is 279. The number of H-pyrrole nitrogens is 1. The number of anilines is 1. The molecule has 124 heavy (non-hydrogen) atoms. The van der Waals surface area contributed by atoms with Crippen molar-refractivity contribution in [1.29, 1.82) is 0 Å². The highest BCUT2D eigenvalue weighted by molar-refractivity contribution is 6.05. The number of fused-ring (bicyclic) bond motifs is 1. The first-order valence-corrected chi connectivity index (χ1v) is 41.3. The number of amides is 14. The maximum Gasteiger partial charge on any atom is 0.329 e. The Kier molecular flexibility index (Phi) is 45.7. The number of carboxylic acid groups (broad SMARTS) is 4. The van der Waals surface area contributed by atoms with E-state index in [-0.39, 0.29) is 43.5 Å². The van der Waals surface area contributed by atoms with Crippen LogP contribution in [0.1, 0.15) is 198 Å². The number of carboxylic acids is 4. The summed E-state index contributed by atoms with van der Waals surface area (Å²) in [5, 5.41) is 82.8. The molecule has 0 saturated carbocycles. The lowest BCUT2D eigenvalue weighted by Crippen LogP contribution is -2.62. The molecule has 684 valence electrons. The maximum atomic E-state index is 15.2. The number of para-hydroxylation sites is 2. The third-order valence-corrected chi connectivity index (χ3v) is 19.9. The predicted octanol–water partition coefficient (Wildman–Crippen LogP) is -2.04. The summed E-state index contributed by atoms with van der Waals surface area (Å²) in [6, 6.07) is -9.75. The zero-order valence-corrected chi connectivity index (χ0v) is 70.2. The minimum atomic E-state index is -2.44. The van der Waals surface area contributed by atoms with E-state index in [0.29, 0.717) is 42.3 Å². The molecule has 14 amide bonds. The van der Waals surface area contributed by atoms with Gasteiger partial charge in [0.2, 0.25) is 82.7 Å². The number of hydrogen-bond acceptors (Lipinski definition) is 24. The number of aromatic nitrogens is 1. The van der Waals surface area contributed by atoms with Crippen molar-refractivity contribution in [2.75, 3.05) is 38.1 Å². The van der Waals surface area contributed by atoms with Crippen LogP contribution in [0.5, 0.6) is 0 Å². The van der Waals surface area contributed by atoms with Crippen molar-refractivity contribution in [1.82, 2.24) is 74.1 Å². The monoisotopic (exact) mass is 1750 g/mol. The number of carbonyl (C=O) groups excluding carboxylic acids is 16. The first-order chi connectivity index (χ1) is 58.9. The molecule has 24 N–H and O–H groups in total. The van der Waals surface area contributed by atoms with Crippen molar-refractivity contribution in [3.05, 3.63) is 65.9 Å². The summed E-state index contributed by atoms with van der Waals surface area (Å²) in [5.74, 6) is -29.4. The van der Waals surface area contributed by atoms with Gasteiger partial charge in [0.1, 0.15) is 72.6 Å². The highest BCUT2D eigenvalue weighted by Gasteiger charge is 2.41. The van der Waals surface area contributed by atoms with Crippen LogP contribution in [0.25, 0.3) is 10.9 Å². The number of nitrogens with two attached hydrogens (primary N) is 2. The molecule has 1 fully saturated rings. The van der Waals surface area contributed by atoms with Crippen LogP contribution in [-0.4, -0.2) is 254 Å². The normalized spacial score (nSPS) is 20.5. The molecule has 0 bridgehead atoms. The maximum absolute atomic E-state index is 15.2. The van der Waals surface area contributed by atoms with Gasteiger partial charge in [-0.15, -0.1) is 0 Å². The van der Waals surface area contributed by atoms with Gasteiger partial charge < -0.3 is 121 Å². The van der Waals surface area contributed by atoms with Crippen molar-refractivity contribution in [2.24, 2.45) is 17.4 Å². The molecule has 0 radical (unpaired) electrons. The third kappa shape index (κ3) is 37.3. The zero-order valence-electron chi connectivity index (χ0n) is 70.2. The quantitative estimate of drug-likeness (QED) is 0.0165. The summed E-state index contributed by atoms with van der Waals surface area (Å²) < 4.78 is 5.82. The van der Waals surface area contributed by atoms with Crippen LogP contribution < -0.4 is 85.9 Å². The number of aliphatic hydroxyl groups excluding tert-OH is 1. The molecule has 2 aromatic carbocycles. The van der Waals surface area contributed by atoms with Gasteiger partial charge in [0.05, 0.1) is 51.8 Å². The Hall–Kier alpha value is -12.7. The fourth-order valence-electron chi connectivity index (χ4n) is 13.2. The first kappa shape index (κ1) is 104. The molecule has 0 aliphatic carbocycles. The lowest BCUT2D eigenvalue weighted by molar-refractivity contribution is -0.156. The van der Waals surface area contributed by atoms with E-state index in [9.17, 15) is 117 Å². The Labute approximate surface area is 715 Å². The summed E-state index contributed by atoms with van der Waals surface area (Å²) in [5.41, 5.74) is 12.7. The minimum Gasteiger partial charge on any atom is -0.481 e. The number of esters is 1. The fraction of sp³-hybridized carbons (Fsp3) is 0.580. The van der Waals surface area contributed by atoms with E-state index >= 15 is 4.79 Å². The number of carbonyl (C=O) groups is 20. The molecule has 2 heterocycles. The van der Waals surface area contributed by atoms with Gasteiger partial charge in [0.25, 0.3) is 0 Å². The van der Waals surface area contributed by atoms with Gasteiger partial charge in [-0.05, 0) is 75.8 Å². The van der Waals surface area contributed by atoms with Crippen molar-refractivity contribution < 1.29 is 126 Å². The Bertz CT molecular complexity index is 4220. The summed E-state index contributed by atoms with van der Waals surface area (Å²) in [6.45, 7) is 3.63. The second-order valence-corrected chi connectivity index (χ2v) is 30.3. The molecule has 1 saturated heterocycles. The number of ketones is 1.